The Morgan fingerprint density at radius 1 is 1.44 bits per heavy atom. The van der Waals surface area contributed by atoms with Crippen molar-refractivity contribution in [3.05, 3.63) is 42.2 Å². The number of para-hydroxylation sites is 1. The molecule has 0 aliphatic heterocycles. The number of rotatable bonds is 4. The summed E-state index contributed by atoms with van der Waals surface area (Å²) in [5, 5.41) is 19.2. The average Bonchev–Trinajstić information content (AvgIpc) is 2.87. The van der Waals surface area contributed by atoms with Crippen molar-refractivity contribution in [2.75, 3.05) is 5.32 Å². The van der Waals surface area contributed by atoms with Gasteiger partial charge in [-0.05, 0) is 19.1 Å². The number of hydrogen-bond acceptors (Lipinski definition) is 4. The molecule has 2 N–H and O–H groups in total. The Morgan fingerprint density at radius 2 is 2.17 bits per heavy atom. The fourth-order valence-corrected chi connectivity index (χ4v) is 1.46. The molecular weight excluding hydrogens is 232 g/mol. The number of nitrogens with one attached hydrogen (secondary N) is 1. The lowest BCUT2D eigenvalue weighted by atomic mass is 10.2. The molecule has 0 fully saturated rings. The maximum absolute atomic E-state index is 11.9. The number of amides is 1. The third kappa shape index (κ3) is 2.72. The lowest BCUT2D eigenvalue weighted by Gasteiger charge is -2.11. The maximum atomic E-state index is 11.9. The number of aromatic nitrogens is 3. The highest BCUT2D eigenvalue weighted by molar-refractivity contribution is 5.93. The molecule has 1 heterocycles. The van der Waals surface area contributed by atoms with Crippen molar-refractivity contribution in [2.24, 2.45) is 0 Å². The maximum Gasteiger partial charge on any atom is 0.249 e. The normalized spacial score (nSPS) is 12.1. The van der Waals surface area contributed by atoms with Crippen LogP contribution < -0.4 is 5.32 Å². The Morgan fingerprint density at radius 3 is 2.78 bits per heavy atom. The predicted molar refractivity (Wildman–Crippen MR) is 65.7 cm³/mol. The molecule has 1 unspecified atom stereocenters. The van der Waals surface area contributed by atoms with Crippen molar-refractivity contribution < 1.29 is 9.90 Å². The van der Waals surface area contributed by atoms with Crippen molar-refractivity contribution in [2.45, 2.75) is 19.6 Å². The summed E-state index contributed by atoms with van der Waals surface area (Å²) in [5.74, 6) is -0.185. The van der Waals surface area contributed by atoms with Gasteiger partial charge in [-0.2, -0.15) is 0 Å². The van der Waals surface area contributed by atoms with Crippen LogP contribution in [0.5, 0.6) is 0 Å². The van der Waals surface area contributed by atoms with E-state index >= 15 is 0 Å². The first-order chi connectivity index (χ1) is 8.70. The molecule has 0 bridgehead atoms. The summed E-state index contributed by atoms with van der Waals surface area (Å²) >= 11 is 0. The zero-order valence-corrected chi connectivity index (χ0v) is 9.95. The van der Waals surface area contributed by atoms with Crippen LogP contribution >= 0.6 is 0 Å². The second-order valence-corrected chi connectivity index (χ2v) is 3.88. The first-order valence-electron chi connectivity index (χ1n) is 5.58. The van der Waals surface area contributed by atoms with Crippen LogP contribution in [0.2, 0.25) is 0 Å². The highest BCUT2D eigenvalue weighted by atomic mass is 16.3. The molecule has 2 aromatic rings. The molecular formula is C12H14N4O2. The van der Waals surface area contributed by atoms with E-state index in [0.717, 1.165) is 5.69 Å². The SMILES string of the molecule is CC(C(=O)Nc1ccccc1)n1cc(CO)nn1. The van der Waals surface area contributed by atoms with Gasteiger partial charge in [0, 0.05) is 5.69 Å². The number of carbonyl (C=O) groups is 1. The highest BCUT2D eigenvalue weighted by Gasteiger charge is 2.16. The third-order valence-electron chi connectivity index (χ3n) is 2.54. The Kier molecular flexibility index (Phi) is 3.69. The van der Waals surface area contributed by atoms with Gasteiger partial charge in [0.05, 0.1) is 12.8 Å². The first kappa shape index (κ1) is 12.3. The van der Waals surface area contributed by atoms with E-state index in [4.69, 9.17) is 5.11 Å². The van der Waals surface area contributed by atoms with E-state index in [1.54, 1.807) is 13.1 Å². The molecule has 1 amide bonds. The van der Waals surface area contributed by atoms with Crippen LogP contribution in [0, 0.1) is 0 Å². The quantitative estimate of drug-likeness (QED) is 0.842. The van der Waals surface area contributed by atoms with Crippen molar-refractivity contribution >= 4 is 11.6 Å². The van der Waals surface area contributed by atoms with Crippen molar-refractivity contribution in [1.82, 2.24) is 15.0 Å². The van der Waals surface area contributed by atoms with E-state index in [0.29, 0.717) is 5.69 Å². The average molecular weight is 246 g/mol. The van der Waals surface area contributed by atoms with Gasteiger partial charge >= 0.3 is 0 Å². The summed E-state index contributed by atoms with van der Waals surface area (Å²) in [6.07, 6.45) is 1.55. The van der Waals surface area contributed by atoms with Gasteiger partial charge in [0.15, 0.2) is 0 Å². The summed E-state index contributed by atoms with van der Waals surface area (Å²) in [6, 6.07) is 8.71. The number of hydrogen-bond donors (Lipinski definition) is 2. The Balaban J connectivity index is 2.05. The molecule has 1 atom stereocenters. The fourth-order valence-electron chi connectivity index (χ4n) is 1.46. The molecule has 6 heteroatoms. The minimum Gasteiger partial charge on any atom is -0.390 e. The van der Waals surface area contributed by atoms with Gasteiger partial charge in [-0.1, -0.05) is 23.4 Å². The molecule has 1 aromatic carbocycles. The molecule has 94 valence electrons. The number of benzene rings is 1. The smallest absolute Gasteiger partial charge is 0.249 e. The number of anilines is 1. The number of carbonyl (C=O) groups excluding carboxylic acids is 1. The summed E-state index contributed by atoms with van der Waals surface area (Å²) in [7, 11) is 0. The van der Waals surface area contributed by atoms with Gasteiger partial charge in [0.1, 0.15) is 11.7 Å². The lowest BCUT2D eigenvalue weighted by molar-refractivity contribution is -0.119. The van der Waals surface area contributed by atoms with Gasteiger partial charge in [-0.15, -0.1) is 5.10 Å². The Hall–Kier alpha value is -2.21. The molecule has 0 saturated heterocycles. The summed E-state index contributed by atoms with van der Waals surface area (Å²) in [5.41, 5.74) is 1.17. The minimum atomic E-state index is -0.488. The van der Waals surface area contributed by atoms with Crippen LogP contribution in [0.1, 0.15) is 18.7 Å². The Bertz CT molecular complexity index is 524. The molecule has 0 aliphatic carbocycles. The molecule has 18 heavy (non-hydrogen) atoms. The monoisotopic (exact) mass is 246 g/mol. The number of aliphatic hydroxyl groups is 1. The minimum absolute atomic E-state index is 0.185. The van der Waals surface area contributed by atoms with Crippen LogP contribution in [0.25, 0.3) is 0 Å². The van der Waals surface area contributed by atoms with Crippen molar-refractivity contribution in [1.29, 1.82) is 0 Å². The standard InChI is InChI=1S/C12H14N4O2/c1-9(16-7-11(8-17)14-15-16)12(18)13-10-5-3-2-4-6-10/h2-7,9,17H,8H2,1H3,(H,13,18). The van der Waals surface area contributed by atoms with E-state index in [-0.39, 0.29) is 12.5 Å². The second kappa shape index (κ2) is 5.42. The lowest BCUT2D eigenvalue weighted by Crippen LogP contribution is -2.24. The zero-order valence-electron chi connectivity index (χ0n) is 9.95. The topological polar surface area (TPSA) is 80.0 Å². The van der Waals surface area contributed by atoms with Crippen LogP contribution in [0.3, 0.4) is 0 Å². The molecule has 6 nitrogen and oxygen atoms in total. The molecule has 2 rings (SSSR count). The fraction of sp³-hybridized carbons (Fsp3) is 0.250. The van der Waals surface area contributed by atoms with Gasteiger partial charge < -0.3 is 10.4 Å². The summed E-state index contributed by atoms with van der Waals surface area (Å²) in [4.78, 5) is 11.9. The predicted octanol–water partition coefficient (Wildman–Crippen LogP) is 0.970. The van der Waals surface area contributed by atoms with Gasteiger partial charge in [0.25, 0.3) is 0 Å². The molecule has 0 saturated carbocycles. The van der Waals surface area contributed by atoms with E-state index < -0.39 is 6.04 Å². The second-order valence-electron chi connectivity index (χ2n) is 3.88. The highest BCUT2D eigenvalue weighted by Crippen LogP contribution is 2.10. The third-order valence-corrected chi connectivity index (χ3v) is 2.54. The van der Waals surface area contributed by atoms with Gasteiger partial charge in [-0.25, -0.2) is 4.68 Å². The van der Waals surface area contributed by atoms with E-state index in [1.165, 1.54) is 4.68 Å². The summed E-state index contributed by atoms with van der Waals surface area (Å²) in [6.45, 7) is 1.53. The van der Waals surface area contributed by atoms with E-state index in [2.05, 4.69) is 15.6 Å². The number of nitrogens with zero attached hydrogens (tertiary/aromatic N) is 3. The van der Waals surface area contributed by atoms with Crippen molar-refractivity contribution in [3.8, 4) is 0 Å². The van der Waals surface area contributed by atoms with E-state index in [1.807, 2.05) is 30.3 Å². The summed E-state index contributed by atoms with van der Waals surface area (Å²) < 4.78 is 1.42. The van der Waals surface area contributed by atoms with Gasteiger partial charge in [0.2, 0.25) is 5.91 Å². The van der Waals surface area contributed by atoms with E-state index in [9.17, 15) is 4.79 Å². The Labute approximate surface area is 104 Å². The van der Waals surface area contributed by atoms with Crippen LogP contribution in [0.4, 0.5) is 5.69 Å². The van der Waals surface area contributed by atoms with Crippen LogP contribution in [-0.2, 0) is 11.4 Å². The largest absolute Gasteiger partial charge is 0.390 e. The zero-order chi connectivity index (χ0) is 13.0. The van der Waals surface area contributed by atoms with Crippen LogP contribution in [-0.4, -0.2) is 26.0 Å². The molecule has 0 radical (unpaired) electrons. The first-order valence-corrected chi connectivity index (χ1v) is 5.58. The molecule has 1 aromatic heterocycles. The molecule has 0 aliphatic rings. The number of aliphatic hydroxyl groups excluding tert-OH is 1. The van der Waals surface area contributed by atoms with Crippen molar-refractivity contribution in [3.63, 3.8) is 0 Å². The molecule has 0 spiro atoms. The van der Waals surface area contributed by atoms with Gasteiger partial charge in [-0.3, -0.25) is 4.79 Å². The van der Waals surface area contributed by atoms with Crippen LogP contribution in [0.15, 0.2) is 36.5 Å².